The highest BCUT2D eigenvalue weighted by molar-refractivity contribution is 6.06. The van der Waals surface area contributed by atoms with Crippen LogP contribution in [-0.4, -0.2) is 54.4 Å². The zero-order valence-corrected chi connectivity index (χ0v) is 12.7. The third-order valence-electron chi connectivity index (χ3n) is 4.23. The van der Waals surface area contributed by atoms with Gasteiger partial charge in [0.1, 0.15) is 5.75 Å². The first-order valence-corrected chi connectivity index (χ1v) is 7.29. The van der Waals surface area contributed by atoms with E-state index in [1.54, 1.807) is 0 Å². The van der Waals surface area contributed by atoms with Crippen molar-refractivity contribution in [2.75, 3.05) is 25.5 Å². The summed E-state index contributed by atoms with van der Waals surface area (Å²) in [7, 11) is 1.44. The first kappa shape index (κ1) is 16.2. The summed E-state index contributed by atoms with van der Waals surface area (Å²) >= 11 is 0. The summed E-state index contributed by atoms with van der Waals surface area (Å²) in [6.45, 7) is -2.56. The maximum atomic E-state index is 12.2. The molecule has 2 aliphatic rings. The molecule has 3 rings (SSSR count). The molecule has 0 saturated carbocycles. The quantitative estimate of drug-likeness (QED) is 0.844. The lowest BCUT2D eigenvalue weighted by Gasteiger charge is -2.19. The summed E-state index contributed by atoms with van der Waals surface area (Å²) in [6.07, 6.45) is 0. The van der Waals surface area contributed by atoms with Crippen LogP contribution in [0, 0.1) is 11.8 Å². The summed E-state index contributed by atoms with van der Waals surface area (Å²) in [5.41, 5.74) is 0.397. The van der Waals surface area contributed by atoms with Gasteiger partial charge in [-0.15, -0.1) is 0 Å². The number of nitrogens with one attached hydrogen (secondary N) is 1. The molecule has 0 aliphatic carbocycles. The lowest BCUT2D eigenvalue weighted by Crippen LogP contribution is -2.38. The zero-order chi connectivity index (χ0) is 17.4. The van der Waals surface area contributed by atoms with Gasteiger partial charge in [0.15, 0.2) is 0 Å². The fraction of sp³-hybridized carbons (Fsp3) is 0.400. The maximum absolute atomic E-state index is 12.2. The van der Waals surface area contributed by atoms with Crippen LogP contribution in [0.15, 0.2) is 24.3 Å². The topological polar surface area (TPSA) is 79.0 Å². The third kappa shape index (κ3) is 2.89. The summed E-state index contributed by atoms with van der Waals surface area (Å²) in [5.74, 6) is -1.54. The molecule has 2 aliphatic heterocycles. The summed E-state index contributed by atoms with van der Waals surface area (Å²) in [5, 5.41) is 2.60. The minimum Gasteiger partial charge on any atom is -0.435 e. The molecule has 2 fully saturated rings. The first-order chi connectivity index (χ1) is 11.4. The van der Waals surface area contributed by atoms with E-state index in [0.29, 0.717) is 5.69 Å². The minimum absolute atomic E-state index is 0.0158. The van der Waals surface area contributed by atoms with Crippen LogP contribution in [0.4, 0.5) is 19.3 Å². The van der Waals surface area contributed by atoms with Crippen molar-refractivity contribution in [1.29, 1.82) is 0 Å². The van der Waals surface area contributed by atoms with Crippen LogP contribution in [0.1, 0.15) is 0 Å². The fourth-order valence-corrected chi connectivity index (χ4v) is 3.00. The van der Waals surface area contributed by atoms with Gasteiger partial charge in [-0.3, -0.25) is 14.5 Å². The van der Waals surface area contributed by atoms with E-state index in [1.807, 2.05) is 0 Å². The highest BCUT2D eigenvalue weighted by atomic mass is 19.3. The predicted molar refractivity (Wildman–Crippen MR) is 78.4 cm³/mol. The van der Waals surface area contributed by atoms with Crippen LogP contribution in [0.25, 0.3) is 0 Å². The second-order valence-electron chi connectivity index (χ2n) is 5.69. The number of amides is 4. The van der Waals surface area contributed by atoms with Gasteiger partial charge in [0.25, 0.3) is 0 Å². The van der Waals surface area contributed by atoms with E-state index in [-0.39, 0.29) is 30.7 Å². The minimum atomic E-state index is -2.91. The number of rotatable bonds is 3. The SMILES string of the molecule is CN1C(=O)[C@H]2CN(C(=O)Nc3ccc(OC(F)F)cc3)C[C@H]2C1=O. The number of benzene rings is 1. The number of carbonyl (C=O) groups is 3. The van der Waals surface area contributed by atoms with Crippen LogP contribution >= 0.6 is 0 Å². The average molecular weight is 339 g/mol. The highest BCUT2D eigenvalue weighted by Gasteiger charge is 2.51. The summed E-state index contributed by atoms with van der Waals surface area (Å²) < 4.78 is 28.4. The third-order valence-corrected chi connectivity index (χ3v) is 4.23. The van der Waals surface area contributed by atoms with E-state index < -0.39 is 24.5 Å². The molecular formula is C15H15F2N3O4. The number of urea groups is 1. The lowest BCUT2D eigenvalue weighted by atomic mass is 10.00. The van der Waals surface area contributed by atoms with Crippen LogP contribution in [0.2, 0.25) is 0 Å². The molecule has 0 bridgehead atoms. The van der Waals surface area contributed by atoms with Gasteiger partial charge < -0.3 is 15.0 Å². The van der Waals surface area contributed by atoms with Crippen LogP contribution in [0.3, 0.4) is 0 Å². The zero-order valence-electron chi connectivity index (χ0n) is 12.7. The van der Waals surface area contributed by atoms with Crippen molar-refractivity contribution in [2.45, 2.75) is 6.61 Å². The number of alkyl halides is 2. The Morgan fingerprint density at radius 3 is 2.21 bits per heavy atom. The number of hydrogen-bond donors (Lipinski definition) is 1. The molecule has 7 nitrogen and oxygen atoms in total. The molecule has 1 N–H and O–H groups in total. The second-order valence-corrected chi connectivity index (χ2v) is 5.69. The van der Waals surface area contributed by atoms with Crippen molar-refractivity contribution in [1.82, 2.24) is 9.80 Å². The second kappa shape index (κ2) is 6.06. The molecule has 4 amide bonds. The molecule has 2 saturated heterocycles. The van der Waals surface area contributed by atoms with E-state index in [0.717, 1.165) is 4.90 Å². The van der Waals surface area contributed by atoms with Gasteiger partial charge in [0.05, 0.1) is 11.8 Å². The van der Waals surface area contributed by atoms with Crippen molar-refractivity contribution < 1.29 is 27.9 Å². The van der Waals surface area contributed by atoms with E-state index >= 15 is 0 Å². The smallest absolute Gasteiger partial charge is 0.387 e. The number of fused-ring (bicyclic) bond motifs is 1. The standard InChI is InChI=1S/C15H15F2N3O4/c1-19-12(21)10-6-20(7-11(10)13(19)22)15(23)18-8-2-4-9(5-3-8)24-14(16)17/h2-5,10-11,14H,6-7H2,1H3,(H,18,23)/t10-,11+. The number of nitrogens with zero attached hydrogens (tertiary/aromatic N) is 2. The molecule has 0 aromatic heterocycles. The Balaban J connectivity index is 1.60. The lowest BCUT2D eigenvalue weighted by molar-refractivity contribution is -0.138. The molecule has 9 heteroatoms. The van der Waals surface area contributed by atoms with E-state index in [1.165, 1.54) is 36.2 Å². The average Bonchev–Trinajstić information content (AvgIpc) is 3.06. The van der Waals surface area contributed by atoms with Crippen LogP contribution < -0.4 is 10.1 Å². The van der Waals surface area contributed by atoms with E-state index in [2.05, 4.69) is 10.1 Å². The highest BCUT2D eigenvalue weighted by Crippen LogP contribution is 2.32. The fourth-order valence-electron chi connectivity index (χ4n) is 3.00. The Kier molecular flexibility index (Phi) is 4.08. The van der Waals surface area contributed by atoms with E-state index in [4.69, 9.17) is 0 Å². The normalized spacial score (nSPS) is 23.0. The van der Waals surface area contributed by atoms with Gasteiger partial charge in [-0.25, -0.2) is 4.79 Å². The molecule has 1 aromatic rings. The van der Waals surface area contributed by atoms with E-state index in [9.17, 15) is 23.2 Å². The van der Waals surface area contributed by atoms with Gasteiger partial charge in [-0.1, -0.05) is 0 Å². The molecule has 2 atom stereocenters. The number of halogens is 2. The van der Waals surface area contributed by atoms with Crippen LogP contribution in [0.5, 0.6) is 5.75 Å². The molecule has 1 aromatic carbocycles. The molecular weight excluding hydrogens is 324 g/mol. The monoisotopic (exact) mass is 339 g/mol. The van der Waals surface area contributed by atoms with Crippen molar-refractivity contribution in [3.05, 3.63) is 24.3 Å². The molecule has 128 valence electrons. The number of hydrogen-bond acceptors (Lipinski definition) is 4. The maximum Gasteiger partial charge on any atom is 0.387 e. The number of carbonyl (C=O) groups excluding carboxylic acids is 3. The largest absolute Gasteiger partial charge is 0.435 e. The van der Waals surface area contributed by atoms with Crippen molar-refractivity contribution in [3.8, 4) is 5.75 Å². The Bertz CT molecular complexity index is 656. The number of likely N-dealkylation sites (tertiary alicyclic amines) is 2. The van der Waals surface area contributed by atoms with Gasteiger partial charge in [-0.05, 0) is 24.3 Å². The van der Waals surface area contributed by atoms with Gasteiger partial charge in [0.2, 0.25) is 11.8 Å². The molecule has 24 heavy (non-hydrogen) atoms. The molecule has 0 radical (unpaired) electrons. The number of anilines is 1. The van der Waals surface area contributed by atoms with Gasteiger partial charge >= 0.3 is 12.6 Å². The summed E-state index contributed by atoms with van der Waals surface area (Å²) in [6, 6.07) is 5.02. The molecule has 0 spiro atoms. The summed E-state index contributed by atoms with van der Waals surface area (Å²) in [4.78, 5) is 38.6. The van der Waals surface area contributed by atoms with Gasteiger partial charge in [0, 0.05) is 25.8 Å². The Labute approximate surface area is 136 Å². The predicted octanol–water partition coefficient (Wildman–Crippen LogP) is 1.37. The van der Waals surface area contributed by atoms with Gasteiger partial charge in [-0.2, -0.15) is 8.78 Å². The Hall–Kier alpha value is -2.71. The number of imide groups is 1. The van der Waals surface area contributed by atoms with Crippen molar-refractivity contribution in [3.63, 3.8) is 0 Å². The molecule has 2 heterocycles. The van der Waals surface area contributed by atoms with Crippen LogP contribution in [-0.2, 0) is 9.59 Å². The van der Waals surface area contributed by atoms with Crippen molar-refractivity contribution in [2.24, 2.45) is 11.8 Å². The Morgan fingerprint density at radius 1 is 1.17 bits per heavy atom. The first-order valence-electron chi connectivity index (χ1n) is 7.29. The number of ether oxygens (including phenoxy) is 1. The molecule has 0 unspecified atom stereocenters. The Morgan fingerprint density at radius 2 is 1.71 bits per heavy atom. The van der Waals surface area contributed by atoms with Crippen molar-refractivity contribution >= 4 is 23.5 Å².